The van der Waals surface area contributed by atoms with Crippen LogP contribution in [0.15, 0.2) is 170 Å². The van der Waals surface area contributed by atoms with E-state index in [1.54, 1.807) is 0 Å². The number of nitrogens with two attached hydrogens (primary N) is 1. The van der Waals surface area contributed by atoms with E-state index in [-0.39, 0.29) is 6.04 Å². The van der Waals surface area contributed by atoms with Crippen LogP contribution in [0, 0.1) is 0 Å². The summed E-state index contributed by atoms with van der Waals surface area (Å²) in [5.74, 6) is 0. The van der Waals surface area contributed by atoms with Gasteiger partial charge in [-0.2, -0.15) is 0 Å². The minimum atomic E-state index is -0.717. The van der Waals surface area contributed by atoms with E-state index in [2.05, 4.69) is 175 Å². The summed E-state index contributed by atoms with van der Waals surface area (Å²) in [6.45, 7) is 1.74. The molecule has 2 N–H and O–H groups in total. The van der Waals surface area contributed by atoms with E-state index < -0.39 is 15.8 Å². The van der Waals surface area contributed by atoms with Gasteiger partial charge in [0.25, 0.3) is 0 Å². The van der Waals surface area contributed by atoms with Crippen LogP contribution in [0.5, 0.6) is 0 Å². The number of nitrogens with zero attached hydrogens (tertiary/aromatic N) is 1. The minimum Gasteiger partial charge on any atom is -0.326 e. The van der Waals surface area contributed by atoms with Crippen molar-refractivity contribution in [2.45, 2.75) is 50.9 Å². The Hall–Kier alpha value is -3.90. The van der Waals surface area contributed by atoms with Gasteiger partial charge in [0.05, 0.1) is 0 Å². The molecule has 7 rings (SSSR count). The van der Waals surface area contributed by atoms with Gasteiger partial charge in [-0.3, -0.25) is 4.90 Å². The van der Waals surface area contributed by atoms with Crippen LogP contribution < -0.4 is 37.6 Å². The molecule has 6 aromatic carbocycles. The molecule has 0 amide bonds. The van der Waals surface area contributed by atoms with E-state index in [1.165, 1.54) is 55.8 Å². The Labute approximate surface area is 289 Å². The highest BCUT2D eigenvalue weighted by Crippen LogP contribution is 2.37. The second-order valence-electron chi connectivity index (χ2n) is 12.7. The van der Waals surface area contributed by atoms with Crippen molar-refractivity contribution >= 4 is 47.7 Å². The first-order valence-corrected chi connectivity index (χ1v) is 19.9. The lowest BCUT2D eigenvalue weighted by Crippen LogP contribution is -2.49. The number of hydrogen-bond donors (Lipinski definition) is 1. The van der Waals surface area contributed by atoms with Gasteiger partial charge in [-0.05, 0) is 71.6 Å². The second kappa shape index (κ2) is 16.0. The first kappa shape index (κ1) is 32.6. The molecular formula is C44H44N2P2. The first-order chi connectivity index (χ1) is 23.8. The Morgan fingerprint density at radius 2 is 0.771 bits per heavy atom. The molecule has 0 saturated heterocycles. The van der Waals surface area contributed by atoms with Gasteiger partial charge in [0.1, 0.15) is 0 Å². The Kier molecular flexibility index (Phi) is 10.9. The predicted octanol–water partition coefficient (Wildman–Crippen LogP) is 7.48. The Morgan fingerprint density at radius 3 is 1.15 bits per heavy atom. The highest BCUT2D eigenvalue weighted by molar-refractivity contribution is 7.80. The van der Waals surface area contributed by atoms with Crippen molar-refractivity contribution in [3.05, 3.63) is 181 Å². The molecule has 1 unspecified atom stereocenters. The quantitative estimate of drug-likeness (QED) is 0.146. The summed E-state index contributed by atoms with van der Waals surface area (Å²) in [6, 6.07) is 63.2. The van der Waals surface area contributed by atoms with Crippen molar-refractivity contribution in [2.24, 2.45) is 5.73 Å². The molecule has 0 heterocycles. The highest BCUT2D eigenvalue weighted by Gasteiger charge is 2.30. The van der Waals surface area contributed by atoms with Crippen molar-refractivity contribution in [1.29, 1.82) is 0 Å². The van der Waals surface area contributed by atoms with Gasteiger partial charge in [0.15, 0.2) is 0 Å². The average molecular weight is 663 g/mol. The van der Waals surface area contributed by atoms with Gasteiger partial charge < -0.3 is 5.73 Å². The third-order valence-electron chi connectivity index (χ3n) is 9.52. The van der Waals surface area contributed by atoms with Crippen LogP contribution in [0.25, 0.3) is 0 Å². The van der Waals surface area contributed by atoms with Gasteiger partial charge in [0.2, 0.25) is 0 Å². The molecule has 0 spiro atoms. The Morgan fingerprint density at radius 1 is 0.438 bits per heavy atom. The zero-order chi connectivity index (χ0) is 32.5. The molecule has 0 aliphatic heterocycles. The fraction of sp³-hybridized carbons (Fsp3) is 0.182. The number of rotatable bonds is 11. The lowest BCUT2D eigenvalue weighted by molar-refractivity contribution is 0.122. The number of hydrogen-bond acceptors (Lipinski definition) is 2. The zero-order valence-corrected chi connectivity index (χ0v) is 29.3. The SMILES string of the molecule is NC1CCCC[C@H]1N(Cc1ccccc1P(c1ccccc1)c1ccccc1)Cc1ccccc1P(c1ccccc1)c1ccccc1. The lowest BCUT2D eigenvalue weighted by atomic mass is 9.89. The van der Waals surface area contributed by atoms with E-state index in [9.17, 15) is 0 Å². The molecule has 2 atom stereocenters. The van der Waals surface area contributed by atoms with Crippen LogP contribution >= 0.6 is 15.8 Å². The van der Waals surface area contributed by atoms with Crippen molar-refractivity contribution in [1.82, 2.24) is 4.90 Å². The summed E-state index contributed by atoms with van der Waals surface area (Å²) in [5.41, 5.74) is 9.82. The maximum Gasteiger partial charge on any atom is 0.0254 e. The second-order valence-corrected chi connectivity index (χ2v) is 17.1. The van der Waals surface area contributed by atoms with Crippen molar-refractivity contribution in [3.63, 3.8) is 0 Å². The standard InChI is InChI=1S/C44H44N2P2/c45-41-29-15-16-30-42(41)46(33-35-19-13-17-31-43(35)47(37-21-5-1-6-22-37)38-23-7-2-8-24-38)34-36-20-14-18-32-44(36)48(39-25-9-3-10-26-39)40-27-11-4-12-28-40/h1-14,17-28,31-32,41-42H,15-16,29-30,33-34,45H2/t41?,42-/m1/s1. The molecule has 48 heavy (non-hydrogen) atoms. The van der Waals surface area contributed by atoms with Crippen LogP contribution in [-0.2, 0) is 13.1 Å². The van der Waals surface area contributed by atoms with Crippen LogP contribution in [-0.4, -0.2) is 17.0 Å². The van der Waals surface area contributed by atoms with Gasteiger partial charge in [0, 0.05) is 25.2 Å². The molecule has 4 heteroatoms. The third kappa shape index (κ3) is 7.54. The Bertz CT molecular complexity index is 1660. The molecule has 6 aromatic rings. The average Bonchev–Trinajstić information content (AvgIpc) is 3.15. The monoisotopic (exact) mass is 662 g/mol. The smallest absolute Gasteiger partial charge is 0.0254 e. The molecular weight excluding hydrogens is 618 g/mol. The topological polar surface area (TPSA) is 29.3 Å². The molecule has 1 aliphatic rings. The maximum absolute atomic E-state index is 7.01. The highest BCUT2D eigenvalue weighted by atomic mass is 31.1. The molecule has 1 fully saturated rings. The van der Waals surface area contributed by atoms with E-state index in [1.807, 2.05) is 0 Å². The van der Waals surface area contributed by atoms with Gasteiger partial charge in [-0.25, -0.2) is 0 Å². The summed E-state index contributed by atoms with van der Waals surface area (Å²) in [5, 5.41) is 8.40. The normalized spacial score (nSPS) is 16.4. The van der Waals surface area contributed by atoms with E-state index >= 15 is 0 Å². The van der Waals surface area contributed by atoms with Crippen LogP contribution in [0.3, 0.4) is 0 Å². The largest absolute Gasteiger partial charge is 0.326 e. The third-order valence-corrected chi connectivity index (χ3v) is 14.6. The van der Waals surface area contributed by atoms with E-state index in [4.69, 9.17) is 5.73 Å². The first-order valence-electron chi connectivity index (χ1n) is 17.2. The maximum atomic E-state index is 7.01. The molecule has 2 nitrogen and oxygen atoms in total. The van der Waals surface area contributed by atoms with Gasteiger partial charge in [-0.15, -0.1) is 0 Å². The molecule has 1 saturated carbocycles. The van der Waals surface area contributed by atoms with Crippen LogP contribution in [0.1, 0.15) is 36.8 Å². The van der Waals surface area contributed by atoms with Gasteiger partial charge >= 0.3 is 0 Å². The van der Waals surface area contributed by atoms with E-state index in [0.29, 0.717) is 6.04 Å². The van der Waals surface area contributed by atoms with Crippen LogP contribution in [0.4, 0.5) is 0 Å². The van der Waals surface area contributed by atoms with E-state index in [0.717, 1.165) is 25.9 Å². The number of benzene rings is 6. The molecule has 0 radical (unpaired) electrons. The predicted molar refractivity (Wildman–Crippen MR) is 210 cm³/mol. The lowest BCUT2D eigenvalue weighted by Gasteiger charge is -2.39. The summed E-state index contributed by atoms with van der Waals surface area (Å²) in [6.07, 6.45) is 4.69. The minimum absolute atomic E-state index is 0.174. The molecule has 240 valence electrons. The van der Waals surface area contributed by atoms with Crippen LogP contribution in [0.2, 0.25) is 0 Å². The fourth-order valence-electron chi connectivity index (χ4n) is 7.21. The summed E-state index contributed by atoms with van der Waals surface area (Å²) >= 11 is 0. The zero-order valence-electron chi connectivity index (χ0n) is 27.5. The summed E-state index contributed by atoms with van der Waals surface area (Å²) in [7, 11) is -1.43. The fourth-order valence-corrected chi connectivity index (χ4v) is 12.1. The van der Waals surface area contributed by atoms with Crippen molar-refractivity contribution in [2.75, 3.05) is 0 Å². The van der Waals surface area contributed by atoms with Crippen molar-refractivity contribution in [3.8, 4) is 0 Å². The van der Waals surface area contributed by atoms with Crippen molar-refractivity contribution < 1.29 is 0 Å². The molecule has 1 aliphatic carbocycles. The molecule has 0 aromatic heterocycles. The van der Waals surface area contributed by atoms with Gasteiger partial charge in [-0.1, -0.05) is 183 Å². The summed E-state index contributed by atoms with van der Waals surface area (Å²) < 4.78 is 0. The molecule has 0 bridgehead atoms. The summed E-state index contributed by atoms with van der Waals surface area (Å²) in [4.78, 5) is 2.73. The Balaban J connectivity index is 1.30.